The number of anilines is 1. The second kappa shape index (κ2) is 6.87. The molecule has 0 atom stereocenters. The van der Waals surface area contributed by atoms with E-state index in [9.17, 15) is 9.18 Å². The van der Waals surface area contributed by atoms with E-state index in [0.29, 0.717) is 17.5 Å². The van der Waals surface area contributed by atoms with Crippen molar-refractivity contribution in [1.82, 2.24) is 0 Å². The van der Waals surface area contributed by atoms with E-state index in [1.54, 1.807) is 6.07 Å². The Morgan fingerprint density at radius 3 is 2.60 bits per heavy atom. The van der Waals surface area contributed by atoms with Gasteiger partial charge in [0.15, 0.2) is 0 Å². The molecule has 1 aliphatic rings. The van der Waals surface area contributed by atoms with Gasteiger partial charge in [0.05, 0.1) is 0 Å². The molecule has 0 radical (unpaired) electrons. The molecule has 1 aromatic carbocycles. The number of hydrogen-bond donors (Lipinski definition) is 0. The number of carbonyl (C=O) groups excluding carboxylic acids is 1. The van der Waals surface area contributed by atoms with Crippen LogP contribution in [-0.2, 0) is 0 Å². The predicted molar refractivity (Wildman–Crippen MR) is 80.8 cm³/mol. The fourth-order valence-corrected chi connectivity index (χ4v) is 2.97. The monoisotopic (exact) mass is 277 g/mol. The van der Waals surface area contributed by atoms with Gasteiger partial charge in [-0.3, -0.25) is 4.79 Å². The standard InChI is InChI=1S/C17H24FNO/c1-13(2)7-8-19(16-5-3-4-6-16)17-10-14(12-20)9-15(18)11-17/h9-13,16H,3-8H2,1-2H3. The molecule has 2 nitrogen and oxygen atoms in total. The highest BCUT2D eigenvalue weighted by molar-refractivity contribution is 5.77. The molecule has 0 N–H and O–H groups in total. The van der Waals surface area contributed by atoms with Crippen molar-refractivity contribution in [1.29, 1.82) is 0 Å². The Morgan fingerprint density at radius 2 is 2.00 bits per heavy atom. The number of halogens is 1. The Kier molecular flexibility index (Phi) is 5.16. The fourth-order valence-electron chi connectivity index (χ4n) is 2.97. The molecule has 1 saturated carbocycles. The molecule has 0 heterocycles. The van der Waals surface area contributed by atoms with E-state index in [1.165, 1.54) is 31.7 Å². The maximum atomic E-state index is 13.7. The minimum Gasteiger partial charge on any atom is -0.368 e. The van der Waals surface area contributed by atoms with Gasteiger partial charge in [0.1, 0.15) is 12.1 Å². The molecule has 110 valence electrons. The number of hydrogen-bond acceptors (Lipinski definition) is 2. The van der Waals surface area contributed by atoms with Gasteiger partial charge < -0.3 is 4.90 Å². The van der Waals surface area contributed by atoms with Crippen LogP contribution in [0.4, 0.5) is 10.1 Å². The van der Waals surface area contributed by atoms with Gasteiger partial charge in [0, 0.05) is 23.8 Å². The molecule has 20 heavy (non-hydrogen) atoms. The van der Waals surface area contributed by atoms with Gasteiger partial charge >= 0.3 is 0 Å². The van der Waals surface area contributed by atoms with Crippen LogP contribution in [0.3, 0.4) is 0 Å². The molecule has 0 amide bonds. The van der Waals surface area contributed by atoms with E-state index in [1.807, 2.05) is 6.07 Å². The minimum atomic E-state index is -0.322. The van der Waals surface area contributed by atoms with Crippen LogP contribution in [-0.4, -0.2) is 18.9 Å². The molecule has 0 saturated heterocycles. The topological polar surface area (TPSA) is 20.3 Å². The highest BCUT2D eigenvalue weighted by atomic mass is 19.1. The first-order chi connectivity index (χ1) is 9.60. The van der Waals surface area contributed by atoms with E-state index >= 15 is 0 Å². The Hall–Kier alpha value is -1.38. The molecule has 1 aliphatic carbocycles. The lowest BCUT2D eigenvalue weighted by atomic mass is 10.1. The summed E-state index contributed by atoms with van der Waals surface area (Å²) in [5.41, 5.74) is 1.28. The second-order valence-electron chi connectivity index (χ2n) is 6.17. The SMILES string of the molecule is CC(C)CCN(c1cc(F)cc(C=O)c1)C1CCCC1. The van der Waals surface area contributed by atoms with Crippen molar-refractivity contribution in [3.05, 3.63) is 29.6 Å². The van der Waals surface area contributed by atoms with Crippen molar-refractivity contribution in [3.8, 4) is 0 Å². The lowest BCUT2D eigenvalue weighted by molar-refractivity contribution is 0.112. The van der Waals surface area contributed by atoms with Gasteiger partial charge in [-0.1, -0.05) is 26.7 Å². The molecule has 0 aliphatic heterocycles. The number of rotatable bonds is 6. The Balaban J connectivity index is 2.24. The summed E-state index contributed by atoms with van der Waals surface area (Å²) < 4.78 is 13.7. The van der Waals surface area contributed by atoms with Crippen molar-refractivity contribution in [3.63, 3.8) is 0 Å². The van der Waals surface area contributed by atoms with E-state index in [2.05, 4.69) is 18.7 Å². The fraction of sp³-hybridized carbons (Fsp3) is 0.588. The zero-order valence-corrected chi connectivity index (χ0v) is 12.4. The number of aldehydes is 1. The van der Waals surface area contributed by atoms with Crippen molar-refractivity contribution in [2.45, 2.75) is 52.0 Å². The highest BCUT2D eigenvalue weighted by Gasteiger charge is 2.23. The maximum Gasteiger partial charge on any atom is 0.150 e. The van der Waals surface area contributed by atoms with Gasteiger partial charge in [-0.05, 0) is 43.4 Å². The number of nitrogens with zero attached hydrogens (tertiary/aromatic N) is 1. The summed E-state index contributed by atoms with van der Waals surface area (Å²) in [5.74, 6) is 0.301. The van der Waals surface area contributed by atoms with Crippen molar-refractivity contribution < 1.29 is 9.18 Å². The van der Waals surface area contributed by atoms with Crippen LogP contribution in [0.25, 0.3) is 0 Å². The van der Waals surface area contributed by atoms with Crippen LogP contribution >= 0.6 is 0 Å². The largest absolute Gasteiger partial charge is 0.368 e. The van der Waals surface area contributed by atoms with E-state index < -0.39 is 0 Å². The first kappa shape index (κ1) is 15.0. The molecule has 2 rings (SSSR count). The summed E-state index contributed by atoms with van der Waals surface area (Å²) in [5, 5.41) is 0. The Bertz CT molecular complexity index is 452. The quantitative estimate of drug-likeness (QED) is 0.717. The zero-order chi connectivity index (χ0) is 14.5. The lowest BCUT2D eigenvalue weighted by Crippen LogP contribution is -2.34. The van der Waals surface area contributed by atoms with E-state index in [-0.39, 0.29) is 5.82 Å². The van der Waals surface area contributed by atoms with Crippen LogP contribution in [0.5, 0.6) is 0 Å². The first-order valence-corrected chi connectivity index (χ1v) is 7.62. The third-order valence-electron chi connectivity index (χ3n) is 4.09. The predicted octanol–water partition coefficient (Wildman–Crippen LogP) is 4.43. The van der Waals surface area contributed by atoms with Gasteiger partial charge in [0.25, 0.3) is 0 Å². The molecule has 3 heteroatoms. The van der Waals surface area contributed by atoms with Gasteiger partial charge in [-0.15, -0.1) is 0 Å². The molecule has 0 bridgehead atoms. The first-order valence-electron chi connectivity index (χ1n) is 7.62. The zero-order valence-electron chi connectivity index (χ0n) is 12.4. The number of benzene rings is 1. The third kappa shape index (κ3) is 3.81. The van der Waals surface area contributed by atoms with E-state index in [4.69, 9.17) is 0 Å². The molecule has 0 aromatic heterocycles. The average Bonchev–Trinajstić information content (AvgIpc) is 2.92. The molecular formula is C17H24FNO. The third-order valence-corrected chi connectivity index (χ3v) is 4.09. The highest BCUT2D eigenvalue weighted by Crippen LogP contribution is 2.29. The van der Waals surface area contributed by atoms with Gasteiger partial charge in [-0.25, -0.2) is 4.39 Å². The smallest absolute Gasteiger partial charge is 0.150 e. The summed E-state index contributed by atoms with van der Waals surface area (Å²) in [4.78, 5) is 13.2. The van der Waals surface area contributed by atoms with Crippen molar-refractivity contribution in [2.24, 2.45) is 5.92 Å². The summed E-state index contributed by atoms with van der Waals surface area (Å²) in [6, 6.07) is 5.17. The molecule has 0 spiro atoms. The minimum absolute atomic E-state index is 0.322. The average molecular weight is 277 g/mol. The molecule has 1 fully saturated rings. The molecular weight excluding hydrogens is 253 g/mol. The second-order valence-corrected chi connectivity index (χ2v) is 6.17. The Labute approximate surface area is 121 Å². The van der Waals surface area contributed by atoms with Gasteiger partial charge in [0.2, 0.25) is 0 Å². The normalized spacial score (nSPS) is 15.8. The van der Waals surface area contributed by atoms with Gasteiger partial charge in [-0.2, -0.15) is 0 Å². The summed E-state index contributed by atoms with van der Waals surface area (Å²) in [6.45, 7) is 5.34. The maximum absolute atomic E-state index is 13.7. The van der Waals surface area contributed by atoms with E-state index in [0.717, 1.165) is 24.9 Å². The summed E-state index contributed by atoms with van der Waals surface area (Å²) in [6.07, 6.45) is 6.65. The van der Waals surface area contributed by atoms with Crippen LogP contribution in [0.15, 0.2) is 18.2 Å². The molecule has 1 aromatic rings. The number of carbonyl (C=O) groups is 1. The van der Waals surface area contributed by atoms with Crippen LogP contribution in [0.2, 0.25) is 0 Å². The lowest BCUT2D eigenvalue weighted by Gasteiger charge is -2.32. The van der Waals surface area contributed by atoms with Crippen LogP contribution < -0.4 is 4.90 Å². The summed E-state index contributed by atoms with van der Waals surface area (Å²) in [7, 11) is 0. The summed E-state index contributed by atoms with van der Waals surface area (Å²) >= 11 is 0. The Morgan fingerprint density at radius 1 is 1.30 bits per heavy atom. The molecule has 0 unspecified atom stereocenters. The van der Waals surface area contributed by atoms with Crippen molar-refractivity contribution >= 4 is 12.0 Å². The van der Waals surface area contributed by atoms with Crippen LogP contribution in [0.1, 0.15) is 56.3 Å². The van der Waals surface area contributed by atoms with Crippen molar-refractivity contribution in [2.75, 3.05) is 11.4 Å². The van der Waals surface area contributed by atoms with Crippen LogP contribution in [0, 0.1) is 11.7 Å².